The molecule has 1 atom stereocenters. The number of carbonyl (C=O) groups excluding carboxylic acids is 2. The molecular formula is C23H27ClFN3O2. The standard InChI is InChI=1S/C23H27ClFN3O2/c1-22(2,3)15-9-11-16(12-10-15)23(4)20(29)28(21(30)26-23)14-27(5)13-17-18(24)7-6-8-19(17)25/h6-12H,13-14H2,1-5H3,(H,26,30). The molecule has 30 heavy (non-hydrogen) atoms. The SMILES string of the molecule is CN(Cc1c(F)cccc1Cl)CN1C(=O)NC(C)(c2ccc(C(C)(C)C)cc2)C1=O. The van der Waals surface area contributed by atoms with Crippen molar-refractivity contribution in [2.24, 2.45) is 0 Å². The molecule has 0 spiro atoms. The number of rotatable bonds is 5. The zero-order valence-electron chi connectivity index (χ0n) is 17.9. The van der Waals surface area contributed by atoms with E-state index in [9.17, 15) is 14.0 Å². The Morgan fingerprint density at radius 1 is 1.13 bits per heavy atom. The molecule has 3 amide bonds. The lowest BCUT2D eigenvalue weighted by molar-refractivity contribution is -0.132. The van der Waals surface area contributed by atoms with Gasteiger partial charge >= 0.3 is 6.03 Å². The average molecular weight is 432 g/mol. The summed E-state index contributed by atoms with van der Waals surface area (Å²) in [7, 11) is 1.71. The molecule has 3 rings (SSSR count). The molecule has 1 saturated heterocycles. The van der Waals surface area contributed by atoms with Crippen molar-refractivity contribution >= 4 is 23.5 Å². The molecule has 2 aromatic carbocycles. The summed E-state index contributed by atoms with van der Waals surface area (Å²) in [6, 6.07) is 11.7. The van der Waals surface area contributed by atoms with Gasteiger partial charge in [0.2, 0.25) is 0 Å². The molecule has 0 aliphatic carbocycles. The maximum Gasteiger partial charge on any atom is 0.326 e. The second-order valence-electron chi connectivity index (χ2n) is 8.97. The van der Waals surface area contributed by atoms with Crippen LogP contribution in [-0.2, 0) is 22.3 Å². The van der Waals surface area contributed by atoms with E-state index in [2.05, 4.69) is 26.1 Å². The predicted molar refractivity (Wildman–Crippen MR) is 116 cm³/mol. The topological polar surface area (TPSA) is 52.6 Å². The van der Waals surface area contributed by atoms with Crippen LogP contribution in [0.1, 0.15) is 44.4 Å². The van der Waals surface area contributed by atoms with Gasteiger partial charge in [0, 0.05) is 17.1 Å². The fourth-order valence-corrected chi connectivity index (χ4v) is 3.79. The minimum Gasteiger partial charge on any atom is -0.319 e. The van der Waals surface area contributed by atoms with E-state index in [0.717, 1.165) is 16.0 Å². The Hall–Kier alpha value is -2.44. The number of urea groups is 1. The second-order valence-corrected chi connectivity index (χ2v) is 9.38. The first kappa shape index (κ1) is 22.2. The number of nitrogens with zero attached hydrogens (tertiary/aromatic N) is 2. The number of hydrogen-bond acceptors (Lipinski definition) is 3. The molecule has 1 aliphatic rings. The fourth-order valence-electron chi connectivity index (χ4n) is 3.57. The zero-order valence-corrected chi connectivity index (χ0v) is 18.7. The maximum absolute atomic E-state index is 14.1. The van der Waals surface area contributed by atoms with Crippen LogP contribution in [0, 0.1) is 5.82 Å². The van der Waals surface area contributed by atoms with Crippen LogP contribution in [-0.4, -0.2) is 35.5 Å². The van der Waals surface area contributed by atoms with Gasteiger partial charge in [0.05, 0.1) is 6.67 Å². The summed E-state index contributed by atoms with van der Waals surface area (Å²) in [6.45, 7) is 8.24. The van der Waals surface area contributed by atoms with Crippen molar-refractivity contribution in [3.63, 3.8) is 0 Å². The summed E-state index contributed by atoms with van der Waals surface area (Å²) >= 11 is 6.09. The number of amides is 3. The van der Waals surface area contributed by atoms with Crippen molar-refractivity contribution in [3.05, 3.63) is 70.0 Å². The van der Waals surface area contributed by atoms with Gasteiger partial charge in [0.1, 0.15) is 11.4 Å². The molecule has 0 aromatic heterocycles. The van der Waals surface area contributed by atoms with E-state index < -0.39 is 17.4 Å². The summed E-state index contributed by atoms with van der Waals surface area (Å²) < 4.78 is 14.1. The third kappa shape index (κ3) is 4.20. The second kappa shape index (κ2) is 8.00. The van der Waals surface area contributed by atoms with Crippen LogP contribution in [0.15, 0.2) is 42.5 Å². The molecule has 1 unspecified atom stereocenters. The van der Waals surface area contributed by atoms with E-state index in [-0.39, 0.29) is 24.5 Å². The number of hydrogen-bond donors (Lipinski definition) is 1. The van der Waals surface area contributed by atoms with E-state index in [1.807, 2.05) is 24.3 Å². The number of benzene rings is 2. The quantitative estimate of drug-likeness (QED) is 0.702. The first-order valence-corrected chi connectivity index (χ1v) is 10.2. The molecule has 1 fully saturated rings. The fraction of sp³-hybridized carbons (Fsp3) is 0.391. The summed E-state index contributed by atoms with van der Waals surface area (Å²) in [5.74, 6) is -0.766. The third-order valence-electron chi connectivity index (χ3n) is 5.48. The number of carbonyl (C=O) groups is 2. The molecule has 1 N–H and O–H groups in total. The minimum absolute atomic E-state index is 0.00883. The van der Waals surface area contributed by atoms with Crippen molar-refractivity contribution in [1.82, 2.24) is 15.1 Å². The lowest BCUT2D eigenvalue weighted by Gasteiger charge is -2.26. The van der Waals surface area contributed by atoms with Gasteiger partial charge in [-0.3, -0.25) is 9.69 Å². The van der Waals surface area contributed by atoms with Crippen LogP contribution in [0.2, 0.25) is 5.02 Å². The Labute approximate surface area is 181 Å². The maximum atomic E-state index is 14.1. The molecule has 160 valence electrons. The van der Waals surface area contributed by atoms with E-state index >= 15 is 0 Å². The van der Waals surface area contributed by atoms with Crippen LogP contribution in [0.25, 0.3) is 0 Å². The normalized spacial score (nSPS) is 19.5. The van der Waals surface area contributed by atoms with Gasteiger partial charge in [-0.05, 0) is 42.6 Å². The number of imide groups is 1. The smallest absolute Gasteiger partial charge is 0.319 e. The Bertz CT molecular complexity index is 951. The van der Waals surface area contributed by atoms with Crippen LogP contribution in [0.5, 0.6) is 0 Å². The van der Waals surface area contributed by atoms with Gasteiger partial charge in [-0.2, -0.15) is 0 Å². The van der Waals surface area contributed by atoms with Crippen molar-refractivity contribution in [2.75, 3.05) is 13.7 Å². The third-order valence-corrected chi connectivity index (χ3v) is 5.83. The van der Waals surface area contributed by atoms with Crippen molar-refractivity contribution in [1.29, 1.82) is 0 Å². The zero-order chi connectivity index (χ0) is 22.3. The highest BCUT2D eigenvalue weighted by molar-refractivity contribution is 6.31. The molecule has 0 bridgehead atoms. The Kier molecular flexibility index (Phi) is 5.94. The monoisotopic (exact) mass is 431 g/mol. The Balaban J connectivity index is 1.77. The molecule has 5 nitrogen and oxygen atoms in total. The highest BCUT2D eigenvalue weighted by Gasteiger charge is 2.49. The highest BCUT2D eigenvalue weighted by atomic mass is 35.5. The van der Waals surface area contributed by atoms with Gasteiger partial charge in [-0.1, -0.05) is 62.7 Å². The molecule has 0 saturated carbocycles. The Morgan fingerprint density at radius 2 is 1.77 bits per heavy atom. The highest BCUT2D eigenvalue weighted by Crippen LogP contribution is 2.31. The predicted octanol–water partition coefficient (Wildman–Crippen LogP) is 4.63. The molecule has 0 radical (unpaired) electrons. The van der Waals surface area contributed by atoms with Gasteiger partial charge < -0.3 is 5.32 Å². The van der Waals surface area contributed by atoms with E-state index in [1.54, 1.807) is 24.9 Å². The van der Waals surface area contributed by atoms with Gasteiger partial charge in [-0.25, -0.2) is 14.1 Å². The summed E-state index contributed by atoms with van der Waals surface area (Å²) in [4.78, 5) is 28.6. The van der Waals surface area contributed by atoms with Crippen molar-refractivity contribution < 1.29 is 14.0 Å². The summed E-state index contributed by atoms with van der Waals surface area (Å²) in [6.07, 6.45) is 0. The summed E-state index contributed by atoms with van der Waals surface area (Å²) in [5, 5.41) is 3.12. The molecule has 2 aromatic rings. The van der Waals surface area contributed by atoms with Crippen LogP contribution >= 0.6 is 11.6 Å². The first-order valence-electron chi connectivity index (χ1n) is 9.80. The van der Waals surface area contributed by atoms with Crippen molar-refractivity contribution in [2.45, 2.75) is 45.2 Å². The number of nitrogens with one attached hydrogen (secondary N) is 1. The van der Waals surface area contributed by atoms with Gasteiger partial charge in [0.15, 0.2) is 0 Å². The van der Waals surface area contributed by atoms with Gasteiger partial charge in [-0.15, -0.1) is 0 Å². The van der Waals surface area contributed by atoms with Crippen LogP contribution in [0.3, 0.4) is 0 Å². The lowest BCUT2D eigenvalue weighted by Crippen LogP contribution is -2.43. The minimum atomic E-state index is -1.15. The largest absolute Gasteiger partial charge is 0.326 e. The summed E-state index contributed by atoms with van der Waals surface area (Å²) in [5.41, 5.74) is 1.03. The van der Waals surface area contributed by atoms with Gasteiger partial charge in [0.25, 0.3) is 5.91 Å². The van der Waals surface area contributed by atoms with Crippen molar-refractivity contribution in [3.8, 4) is 0 Å². The van der Waals surface area contributed by atoms with Crippen LogP contribution in [0.4, 0.5) is 9.18 Å². The average Bonchev–Trinajstić information content (AvgIpc) is 2.88. The molecule has 1 heterocycles. The molecular weight excluding hydrogens is 405 g/mol. The van der Waals surface area contributed by atoms with E-state index in [1.165, 1.54) is 12.1 Å². The van der Waals surface area contributed by atoms with E-state index in [4.69, 9.17) is 11.6 Å². The first-order chi connectivity index (χ1) is 13.9. The van der Waals surface area contributed by atoms with Crippen LogP contribution < -0.4 is 5.32 Å². The molecule has 1 aliphatic heterocycles. The lowest BCUT2D eigenvalue weighted by atomic mass is 9.84. The number of halogens is 2. The Morgan fingerprint density at radius 3 is 2.33 bits per heavy atom. The molecule has 7 heteroatoms. The van der Waals surface area contributed by atoms with E-state index in [0.29, 0.717) is 10.6 Å².